The van der Waals surface area contributed by atoms with Gasteiger partial charge in [-0.15, -0.1) is 11.3 Å². The van der Waals surface area contributed by atoms with Crippen molar-refractivity contribution in [3.8, 4) is 11.1 Å². The first kappa shape index (κ1) is 16.2. The van der Waals surface area contributed by atoms with E-state index in [0.717, 1.165) is 37.1 Å². The van der Waals surface area contributed by atoms with E-state index in [1.807, 2.05) is 19.4 Å². The molecule has 0 bridgehead atoms. The van der Waals surface area contributed by atoms with E-state index in [-0.39, 0.29) is 0 Å². The van der Waals surface area contributed by atoms with Gasteiger partial charge in [-0.3, -0.25) is 4.68 Å². The van der Waals surface area contributed by atoms with Crippen LogP contribution < -0.4 is 0 Å². The van der Waals surface area contributed by atoms with E-state index in [2.05, 4.69) is 40.4 Å². The molecular formula is C19H19N3O2S. The highest BCUT2D eigenvalue weighted by molar-refractivity contribution is 7.19. The van der Waals surface area contributed by atoms with E-state index in [1.165, 1.54) is 0 Å². The van der Waals surface area contributed by atoms with Gasteiger partial charge in [0, 0.05) is 60.1 Å². The van der Waals surface area contributed by atoms with E-state index < -0.39 is 6.10 Å². The second kappa shape index (κ2) is 6.55. The van der Waals surface area contributed by atoms with Crippen molar-refractivity contribution in [1.82, 2.24) is 14.8 Å². The molecule has 0 aliphatic heterocycles. The van der Waals surface area contributed by atoms with Gasteiger partial charge in [-0.1, -0.05) is 12.1 Å². The second-order valence-electron chi connectivity index (χ2n) is 6.14. The number of methoxy groups -OCH3 is 1. The first-order valence-electron chi connectivity index (χ1n) is 8.14. The monoisotopic (exact) mass is 353 g/mol. The predicted octanol–water partition coefficient (Wildman–Crippen LogP) is 3.92. The van der Waals surface area contributed by atoms with Crippen LogP contribution in [0.3, 0.4) is 0 Å². The molecule has 3 aromatic heterocycles. The Bertz CT molecular complexity index is 1040. The molecule has 5 nitrogen and oxygen atoms in total. The van der Waals surface area contributed by atoms with Gasteiger partial charge in [0.2, 0.25) is 0 Å². The molecule has 128 valence electrons. The number of rotatable bonds is 5. The number of hydrogen-bond donors (Lipinski definition) is 1. The molecule has 3 heterocycles. The Morgan fingerprint density at radius 1 is 1.20 bits per heavy atom. The van der Waals surface area contributed by atoms with Crippen molar-refractivity contribution in [3.05, 3.63) is 47.6 Å². The van der Waals surface area contributed by atoms with E-state index in [4.69, 9.17) is 4.74 Å². The first-order valence-corrected chi connectivity index (χ1v) is 8.96. The Kier molecular flexibility index (Phi) is 4.25. The minimum Gasteiger partial charge on any atom is -0.387 e. The number of thiophene rings is 1. The molecule has 0 saturated carbocycles. The summed E-state index contributed by atoms with van der Waals surface area (Å²) in [4.78, 5) is 5.42. The van der Waals surface area contributed by atoms with E-state index in [0.29, 0.717) is 13.0 Å². The largest absolute Gasteiger partial charge is 0.387 e. The number of nitrogens with zero attached hydrogens (tertiary/aromatic N) is 3. The predicted molar refractivity (Wildman–Crippen MR) is 101 cm³/mol. The van der Waals surface area contributed by atoms with Crippen LogP contribution in [-0.2, 0) is 11.8 Å². The number of fused-ring (bicyclic) bond motifs is 2. The normalized spacial score (nSPS) is 12.9. The van der Waals surface area contributed by atoms with Crippen molar-refractivity contribution in [2.45, 2.75) is 12.5 Å². The van der Waals surface area contributed by atoms with Gasteiger partial charge in [0.1, 0.15) is 0 Å². The minimum absolute atomic E-state index is 0.478. The van der Waals surface area contributed by atoms with Crippen molar-refractivity contribution in [3.63, 3.8) is 0 Å². The SMILES string of the molecule is COCC[C@@H](O)c1cc2ccc(-c3cnc4nn(C)cc4c3)cc2s1. The van der Waals surface area contributed by atoms with Crippen LogP contribution in [-0.4, -0.2) is 33.6 Å². The fourth-order valence-electron chi connectivity index (χ4n) is 2.96. The van der Waals surface area contributed by atoms with Gasteiger partial charge in [0.05, 0.1) is 6.10 Å². The molecule has 0 fully saturated rings. The molecular weight excluding hydrogens is 334 g/mol. The molecule has 0 amide bonds. The third-order valence-electron chi connectivity index (χ3n) is 4.27. The number of aromatic nitrogens is 3. The summed E-state index contributed by atoms with van der Waals surface area (Å²) in [5, 5.41) is 16.8. The number of benzene rings is 1. The molecule has 1 N–H and O–H groups in total. The molecule has 0 radical (unpaired) electrons. The molecule has 6 heteroatoms. The van der Waals surface area contributed by atoms with E-state index >= 15 is 0 Å². The van der Waals surface area contributed by atoms with Crippen LogP contribution in [0.5, 0.6) is 0 Å². The highest BCUT2D eigenvalue weighted by Crippen LogP contribution is 2.34. The highest BCUT2D eigenvalue weighted by Gasteiger charge is 2.12. The molecule has 0 saturated heterocycles. The van der Waals surface area contributed by atoms with Gasteiger partial charge in [-0.05, 0) is 29.1 Å². The van der Waals surface area contributed by atoms with Crippen LogP contribution in [0.1, 0.15) is 17.4 Å². The van der Waals surface area contributed by atoms with Gasteiger partial charge < -0.3 is 9.84 Å². The van der Waals surface area contributed by atoms with E-state index in [9.17, 15) is 5.11 Å². The lowest BCUT2D eigenvalue weighted by molar-refractivity contribution is 0.113. The number of ether oxygens (including phenoxy) is 1. The topological polar surface area (TPSA) is 60.2 Å². The average molecular weight is 353 g/mol. The summed E-state index contributed by atoms with van der Waals surface area (Å²) >= 11 is 1.63. The van der Waals surface area contributed by atoms with Gasteiger partial charge in [0.25, 0.3) is 0 Å². The maximum absolute atomic E-state index is 10.3. The lowest BCUT2D eigenvalue weighted by Crippen LogP contribution is -1.99. The fourth-order valence-corrected chi connectivity index (χ4v) is 4.08. The van der Waals surface area contributed by atoms with Crippen LogP contribution in [0.25, 0.3) is 32.2 Å². The smallest absolute Gasteiger partial charge is 0.181 e. The molecule has 25 heavy (non-hydrogen) atoms. The Hall–Kier alpha value is -2.28. The Morgan fingerprint density at radius 2 is 2.08 bits per heavy atom. The minimum atomic E-state index is -0.478. The lowest BCUT2D eigenvalue weighted by atomic mass is 10.1. The zero-order valence-corrected chi connectivity index (χ0v) is 15.0. The Morgan fingerprint density at radius 3 is 2.92 bits per heavy atom. The number of aliphatic hydroxyl groups is 1. The Labute approximate surface area is 149 Å². The molecule has 1 aromatic carbocycles. The van der Waals surface area contributed by atoms with Gasteiger partial charge in [0.15, 0.2) is 5.65 Å². The Balaban J connectivity index is 1.69. The molecule has 0 spiro atoms. The average Bonchev–Trinajstić information content (AvgIpc) is 3.20. The molecule has 0 aliphatic rings. The molecule has 0 aliphatic carbocycles. The standard InChI is InChI=1S/C19H19N3O2S/c1-22-11-15-7-14(10-20-19(15)21-22)12-3-4-13-9-18(25-17(13)8-12)16(23)5-6-24-2/h3-4,7-11,16,23H,5-6H2,1-2H3/t16-/m1/s1. The zero-order valence-electron chi connectivity index (χ0n) is 14.1. The number of aliphatic hydroxyl groups excluding tert-OH is 1. The van der Waals surface area contributed by atoms with Crippen molar-refractivity contribution in [1.29, 1.82) is 0 Å². The summed E-state index contributed by atoms with van der Waals surface area (Å²) in [5.41, 5.74) is 2.94. The number of hydrogen-bond acceptors (Lipinski definition) is 5. The quantitative estimate of drug-likeness (QED) is 0.591. The van der Waals surface area contributed by atoms with Gasteiger partial charge in [-0.2, -0.15) is 5.10 Å². The van der Waals surface area contributed by atoms with Crippen LogP contribution in [0.15, 0.2) is 42.7 Å². The van der Waals surface area contributed by atoms with Crippen LogP contribution in [0, 0.1) is 0 Å². The summed E-state index contributed by atoms with van der Waals surface area (Å²) in [7, 11) is 3.55. The maximum atomic E-state index is 10.3. The highest BCUT2D eigenvalue weighted by atomic mass is 32.1. The molecule has 1 atom stereocenters. The van der Waals surface area contributed by atoms with Crippen LogP contribution >= 0.6 is 11.3 Å². The summed E-state index contributed by atoms with van der Waals surface area (Å²) in [6.45, 7) is 0.553. The maximum Gasteiger partial charge on any atom is 0.181 e. The van der Waals surface area contributed by atoms with Crippen LogP contribution in [0.2, 0.25) is 0 Å². The molecule has 4 rings (SSSR count). The number of pyridine rings is 1. The van der Waals surface area contributed by atoms with Gasteiger partial charge >= 0.3 is 0 Å². The first-order chi connectivity index (χ1) is 12.1. The number of aryl methyl sites for hydroxylation is 1. The lowest BCUT2D eigenvalue weighted by Gasteiger charge is -2.06. The second-order valence-corrected chi connectivity index (χ2v) is 7.25. The third kappa shape index (κ3) is 3.16. The summed E-state index contributed by atoms with van der Waals surface area (Å²) < 4.78 is 7.99. The van der Waals surface area contributed by atoms with Crippen molar-refractivity contribution < 1.29 is 9.84 Å². The summed E-state index contributed by atoms with van der Waals surface area (Å²) in [6, 6.07) is 10.5. The van der Waals surface area contributed by atoms with Crippen molar-refractivity contribution in [2.24, 2.45) is 7.05 Å². The van der Waals surface area contributed by atoms with Crippen molar-refractivity contribution in [2.75, 3.05) is 13.7 Å². The molecule has 0 unspecified atom stereocenters. The zero-order chi connectivity index (χ0) is 17.4. The van der Waals surface area contributed by atoms with Crippen molar-refractivity contribution >= 4 is 32.5 Å². The summed E-state index contributed by atoms with van der Waals surface area (Å²) in [5.74, 6) is 0. The third-order valence-corrected chi connectivity index (χ3v) is 5.47. The summed E-state index contributed by atoms with van der Waals surface area (Å²) in [6.07, 6.45) is 3.96. The van der Waals surface area contributed by atoms with E-state index in [1.54, 1.807) is 23.1 Å². The fraction of sp³-hybridized carbons (Fsp3) is 0.263. The van der Waals surface area contributed by atoms with Crippen LogP contribution in [0.4, 0.5) is 0 Å². The van der Waals surface area contributed by atoms with Gasteiger partial charge in [-0.25, -0.2) is 4.98 Å². The molecule has 4 aromatic rings.